The Balaban J connectivity index is 1.32. The van der Waals surface area contributed by atoms with Gasteiger partial charge in [0.05, 0.1) is 5.69 Å². The number of hydrogen-bond donors (Lipinski definition) is 1. The number of benzene rings is 2. The van der Waals surface area contributed by atoms with Crippen molar-refractivity contribution in [2.24, 2.45) is 0 Å². The minimum Gasteiger partial charge on any atom is -0.484 e. The van der Waals surface area contributed by atoms with Gasteiger partial charge in [0.25, 0.3) is 5.91 Å². The first-order chi connectivity index (χ1) is 13.1. The Labute approximate surface area is 157 Å². The molecule has 5 nitrogen and oxygen atoms in total. The number of amides is 1. The molecule has 0 atom stereocenters. The van der Waals surface area contributed by atoms with Crippen LogP contribution >= 0.6 is 0 Å². The van der Waals surface area contributed by atoms with Crippen molar-refractivity contribution in [2.75, 3.05) is 50.8 Å². The van der Waals surface area contributed by atoms with Crippen LogP contribution in [0.4, 0.5) is 14.5 Å². The second-order valence-corrected chi connectivity index (χ2v) is 6.37. The van der Waals surface area contributed by atoms with Crippen molar-refractivity contribution < 1.29 is 18.3 Å². The van der Waals surface area contributed by atoms with Gasteiger partial charge in [0, 0.05) is 39.3 Å². The molecule has 144 valence electrons. The van der Waals surface area contributed by atoms with Crippen LogP contribution in [0.15, 0.2) is 48.5 Å². The fourth-order valence-corrected chi connectivity index (χ4v) is 3.00. The van der Waals surface area contributed by atoms with E-state index in [9.17, 15) is 13.6 Å². The summed E-state index contributed by atoms with van der Waals surface area (Å²) in [5.41, 5.74) is 0.642. The van der Waals surface area contributed by atoms with Gasteiger partial charge in [-0.3, -0.25) is 9.69 Å². The van der Waals surface area contributed by atoms with E-state index in [1.54, 1.807) is 12.1 Å². The first-order valence-electron chi connectivity index (χ1n) is 8.99. The van der Waals surface area contributed by atoms with E-state index >= 15 is 0 Å². The highest BCUT2D eigenvalue weighted by molar-refractivity contribution is 5.77. The average Bonchev–Trinajstić information content (AvgIpc) is 2.69. The van der Waals surface area contributed by atoms with Crippen LogP contribution in [0.1, 0.15) is 0 Å². The Morgan fingerprint density at radius 3 is 2.41 bits per heavy atom. The number of rotatable bonds is 7. The normalized spacial score (nSPS) is 14.8. The van der Waals surface area contributed by atoms with Crippen LogP contribution in [0.2, 0.25) is 0 Å². The van der Waals surface area contributed by atoms with Gasteiger partial charge in [0.15, 0.2) is 6.61 Å². The third-order valence-electron chi connectivity index (χ3n) is 4.50. The third kappa shape index (κ3) is 5.65. The Hall–Kier alpha value is -2.67. The molecule has 0 saturated carbocycles. The van der Waals surface area contributed by atoms with Crippen molar-refractivity contribution >= 4 is 11.6 Å². The fraction of sp³-hybridized carbons (Fsp3) is 0.350. The summed E-state index contributed by atoms with van der Waals surface area (Å²) in [6, 6.07) is 12.3. The highest BCUT2D eigenvalue weighted by Crippen LogP contribution is 2.19. The highest BCUT2D eigenvalue weighted by Gasteiger charge is 2.19. The maximum atomic E-state index is 13.8. The number of para-hydroxylation sites is 1. The number of nitrogens with one attached hydrogen (secondary N) is 1. The Morgan fingerprint density at radius 2 is 1.70 bits per heavy atom. The number of piperazine rings is 1. The van der Waals surface area contributed by atoms with Crippen molar-refractivity contribution in [3.63, 3.8) is 0 Å². The second-order valence-electron chi connectivity index (χ2n) is 6.37. The molecule has 1 fully saturated rings. The first-order valence-corrected chi connectivity index (χ1v) is 8.99. The molecule has 1 amide bonds. The standard InChI is InChI=1S/C20H23F2N3O2/c21-16-5-7-17(8-6-16)27-15-20(26)23-9-10-24-11-13-25(14-12-24)19-4-2-1-3-18(19)22/h1-8H,9-15H2,(H,23,26). The lowest BCUT2D eigenvalue weighted by Crippen LogP contribution is -2.49. The van der Waals surface area contributed by atoms with Crippen LogP contribution in [-0.2, 0) is 4.79 Å². The molecule has 0 radical (unpaired) electrons. The molecule has 1 aliphatic rings. The van der Waals surface area contributed by atoms with Crippen molar-refractivity contribution in [1.82, 2.24) is 10.2 Å². The minimum atomic E-state index is -0.345. The molecule has 3 rings (SSSR count). The maximum absolute atomic E-state index is 13.8. The Kier molecular flexibility index (Phi) is 6.59. The third-order valence-corrected chi connectivity index (χ3v) is 4.50. The molecule has 1 aliphatic heterocycles. The quantitative estimate of drug-likeness (QED) is 0.807. The van der Waals surface area contributed by atoms with E-state index in [-0.39, 0.29) is 24.1 Å². The molecule has 0 spiro atoms. The SMILES string of the molecule is O=C(COc1ccc(F)cc1)NCCN1CCN(c2ccccc2F)CC1. The summed E-state index contributed by atoms with van der Waals surface area (Å²) in [6.07, 6.45) is 0. The van der Waals surface area contributed by atoms with Crippen LogP contribution in [0, 0.1) is 11.6 Å². The molecular weight excluding hydrogens is 352 g/mol. The van der Waals surface area contributed by atoms with Crippen LogP contribution in [0.25, 0.3) is 0 Å². The highest BCUT2D eigenvalue weighted by atomic mass is 19.1. The molecule has 2 aromatic carbocycles. The lowest BCUT2D eigenvalue weighted by atomic mass is 10.2. The van der Waals surface area contributed by atoms with Crippen LogP contribution in [-0.4, -0.2) is 56.7 Å². The van der Waals surface area contributed by atoms with E-state index in [0.29, 0.717) is 18.0 Å². The molecule has 0 bridgehead atoms. The number of carbonyl (C=O) groups excluding carboxylic acids is 1. The molecule has 0 aromatic heterocycles. The molecule has 1 heterocycles. The van der Waals surface area contributed by atoms with E-state index < -0.39 is 0 Å². The molecule has 0 unspecified atom stereocenters. The van der Waals surface area contributed by atoms with Crippen LogP contribution in [0.3, 0.4) is 0 Å². The zero-order chi connectivity index (χ0) is 19.1. The number of anilines is 1. The van der Waals surface area contributed by atoms with Crippen molar-refractivity contribution in [1.29, 1.82) is 0 Å². The van der Waals surface area contributed by atoms with Gasteiger partial charge in [-0.2, -0.15) is 0 Å². The molecule has 27 heavy (non-hydrogen) atoms. The predicted octanol–water partition coefficient (Wildman–Crippen LogP) is 2.28. The average molecular weight is 375 g/mol. The molecule has 0 aliphatic carbocycles. The second kappa shape index (κ2) is 9.32. The lowest BCUT2D eigenvalue weighted by Gasteiger charge is -2.36. The zero-order valence-corrected chi connectivity index (χ0v) is 15.0. The number of hydrogen-bond acceptors (Lipinski definition) is 4. The molecule has 7 heteroatoms. The number of ether oxygens (including phenoxy) is 1. The van der Waals surface area contributed by atoms with Gasteiger partial charge in [0.2, 0.25) is 0 Å². The van der Waals surface area contributed by atoms with E-state index in [4.69, 9.17) is 4.74 Å². The topological polar surface area (TPSA) is 44.8 Å². The Morgan fingerprint density at radius 1 is 1.00 bits per heavy atom. The minimum absolute atomic E-state index is 0.104. The summed E-state index contributed by atoms with van der Waals surface area (Å²) in [5.74, 6) is -0.304. The van der Waals surface area contributed by atoms with Gasteiger partial charge < -0.3 is 15.0 Å². The summed E-state index contributed by atoms with van der Waals surface area (Å²) in [4.78, 5) is 16.1. The Bertz CT molecular complexity index is 747. The molecule has 1 N–H and O–H groups in total. The van der Waals surface area contributed by atoms with Gasteiger partial charge >= 0.3 is 0 Å². The van der Waals surface area contributed by atoms with Gasteiger partial charge in [-0.1, -0.05) is 12.1 Å². The summed E-state index contributed by atoms with van der Waals surface area (Å²) in [6.45, 7) is 4.28. The summed E-state index contributed by atoms with van der Waals surface area (Å²) < 4.78 is 32.0. The van der Waals surface area contributed by atoms with Gasteiger partial charge in [0.1, 0.15) is 17.4 Å². The molecular formula is C20H23F2N3O2. The lowest BCUT2D eigenvalue weighted by molar-refractivity contribution is -0.123. The summed E-state index contributed by atoms with van der Waals surface area (Å²) >= 11 is 0. The van der Waals surface area contributed by atoms with Crippen LogP contribution in [0.5, 0.6) is 5.75 Å². The molecule has 1 saturated heterocycles. The number of halogens is 2. The van der Waals surface area contributed by atoms with E-state index in [2.05, 4.69) is 10.2 Å². The van der Waals surface area contributed by atoms with Gasteiger partial charge in [-0.15, -0.1) is 0 Å². The van der Waals surface area contributed by atoms with Crippen LogP contribution < -0.4 is 15.0 Å². The van der Waals surface area contributed by atoms with Crippen molar-refractivity contribution in [3.8, 4) is 5.75 Å². The summed E-state index contributed by atoms with van der Waals surface area (Å²) in [5, 5.41) is 2.81. The predicted molar refractivity (Wildman–Crippen MR) is 100.0 cm³/mol. The van der Waals surface area contributed by atoms with Gasteiger partial charge in [-0.25, -0.2) is 8.78 Å². The number of nitrogens with zero attached hydrogens (tertiary/aromatic N) is 2. The monoisotopic (exact) mass is 375 g/mol. The molecule has 2 aromatic rings. The number of carbonyl (C=O) groups is 1. The van der Waals surface area contributed by atoms with Crippen molar-refractivity contribution in [3.05, 3.63) is 60.2 Å². The zero-order valence-electron chi connectivity index (χ0n) is 15.0. The smallest absolute Gasteiger partial charge is 0.257 e. The maximum Gasteiger partial charge on any atom is 0.257 e. The van der Waals surface area contributed by atoms with E-state index in [1.165, 1.54) is 30.3 Å². The largest absolute Gasteiger partial charge is 0.484 e. The van der Waals surface area contributed by atoms with Gasteiger partial charge in [-0.05, 0) is 36.4 Å². The van der Waals surface area contributed by atoms with Crippen molar-refractivity contribution in [2.45, 2.75) is 0 Å². The fourth-order valence-electron chi connectivity index (χ4n) is 3.00. The summed E-state index contributed by atoms with van der Waals surface area (Å²) in [7, 11) is 0. The van der Waals surface area contributed by atoms with E-state index in [1.807, 2.05) is 11.0 Å². The first kappa shape index (κ1) is 19.1. The van der Waals surface area contributed by atoms with E-state index in [0.717, 1.165) is 32.7 Å².